The summed E-state index contributed by atoms with van der Waals surface area (Å²) in [6, 6.07) is 14.5. The summed E-state index contributed by atoms with van der Waals surface area (Å²) in [6.45, 7) is 2.65. The van der Waals surface area contributed by atoms with Crippen LogP contribution >= 0.6 is 23.2 Å². The number of hydrogen-bond acceptors (Lipinski definition) is 4. The Morgan fingerprint density at radius 1 is 1.12 bits per heavy atom. The van der Waals surface area contributed by atoms with Crippen LogP contribution in [0.1, 0.15) is 34.1 Å². The molecule has 0 N–H and O–H groups in total. The first kappa shape index (κ1) is 25.7. The lowest BCUT2D eigenvalue weighted by Gasteiger charge is -2.27. The molecule has 0 aliphatic heterocycles. The average Bonchev–Trinajstić information content (AvgIpc) is 2.83. The summed E-state index contributed by atoms with van der Waals surface area (Å²) in [7, 11) is 1.89. The SMILES string of the molecule is CC(Cc1ccccc1F)N(C)Cc1c(Cl)cc(Cl)c(=O)n1CCc1ccc(C(=O)N=O)cc1. The molecule has 3 aromatic rings. The van der Waals surface area contributed by atoms with Gasteiger partial charge in [0.2, 0.25) is 0 Å². The highest BCUT2D eigenvalue weighted by molar-refractivity contribution is 6.34. The maximum Gasteiger partial charge on any atom is 0.316 e. The number of halogens is 3. The molecule has 0 bridgehead atoms. The Bertz CT molecular complexity index is 1250. The zero-order valence-corrected chi connectivity index (χ0v) is 20.3. The molecule has 0 saturated heterocycles. The number of hydrogen-bond donors (Lipinski definition) is 0. The van der Waals surface area contributed by atoms with Crippen LogP contribution in [0.5, 0.6) is 0 Å². The van der Waals surface area contributed by atoms with Gasteiger partial charge >= 0.3 is 5.91 Å². The first-order chi connectivity index (χ1) is 16.2. The lowest BCUT2D eigenvalue weighted by atomic mass is 10.1. The number of pyridine rings is 1. The Balaban J connectivity index is 1.79. The van der Waals surface area contributed by atoms with Crippen LogP contribution in [0.25, 0.3) is 0 Å². The van der Waals surface area contributed by atoms with E-state index < -0.39 is 5.91 Å². The monoisotopic (exact) mass is 503 g/mol. The Morgan fingerprint density at radius 3 is 2.44 bits per heavy atom. The first-order valence-corrected chi connectivity index (χ1v) is 11.4. The quantitative estimate of drug-likeness (QED) is 0.361. The minimum Gasteiger partial charge on any atom is -0.308 e. The maximum atomic E-state index is 14.1. The van der Waals surface area contributed by atoms with E-state index >= 15 is 0 Å². The third kappa shape index (κ3) is 6.17. The summed E-state index contributed by atoms with van der Waals surface area (Å²) >= 11 is 12.6. The topological polar surface area (TPSA) is 71.7 Å². The lowest BCUT2D eigenvalue weighted by molar-refractivity contribution is 0.100. The van der Waals surface area contributed by atoms with Crippen LogP contribution in [0.3, 0.4) is 0 Å². The van der Waals surface area contributed by atoms with Gasteiger partial charge in [-0.05, 0) is 62.2 Å². The van der Waals surface area contributed by atoms with Crippen molar-refractivity contribution in [2.75, 3.05) is 7.05 Å². The molecule has 3 rings (SSSR count). The van der Waals surface area contributed by atoms with E-state index in [0.717, 1.165) is 5.56 Å². The highest BCUT2D eigenvalue weighted by Gasteiger charge is 2.18. The Hall–Kier alpha value is -2.87. The Labute approximate surface area is 206 Å². The van der Waals surface area contributed by atoms with E-state index in [0.29, 0.717) is 42.2 Å². The molecule has 0 spiro atoms. The smallest absolute Gasteiger partial charge is 0.308 e. The molecule has 1 aromatic heterocycles. The average molecular weight is 504 g/mol. The van der Waals surface area contributed by atoms with Crippen molar-refractivity contribution in [3.63, 3.8) is 0 Å². The van der Waals surface area contributed by atoms with Crippen molar-refractivity contribution in [1.82, 2.24) is 9.47 Å². The number of nitroso groups, excluding NO2 is 1. The molecule has 0 fully saturated rings. The summed E-state index contributed by atoms with van der Waals surface area (Å²) < 4.78 is 15.6. The number of benzene rings is 2. The predicted octanol–water partition coefficient (Wildman–Crippen LogP) is 5.51. The molecule has 1 heterocycles. The molecule has 1 unspecified atom stereocenters. The van der Waals surface area contributed by atoms with E-state index in [-0.39, 0.29) is 28.0 Å². The second-order valence-corrected chi connectivity index (χ2v) is 8.96. The molecule has 6 nitrogen and oxygen atoms in total. The summed E-state index contributed by atoms with van der Waals surface area (Å²) in [5.74, 6) is -1.08. The largest absolute Gasteiger partial charge is 0.316 e. The van der Waals surface area contributed by atoms with E-state index in [1.54, 1.807) is 34.9 Å². The van der Waals surface area contributed by atoms with Gasteiger partial charge in [0.25, 0.3) is 5.56 Å². The molecule has 178 valence electrons. The van der Waals surface area contributed by atoms with Gasteiger partial charge in [0.1, 0.15) is 10.8 Å². The second-order valence-electron chi connectivity index (χ2n) is 8.15. The molecular weight excluding hydrogens is 480 g/mol. The van der Waals surface area contributed by atoms with Crippen molar-refractivity contribution in [1.29, 1.82) is 0 Å². The zero-order chi connectivity index (χ0) is 24.8. The first-order valence-electron chi connectivity index (χ1n) is 10.7. The summed E-state index contributed by atoms with van der Waals surface area (Å²) in [5, 5.41) is 2.80. The highest BCUT2D eigenvalue weighted by atomic mass is 35.5. The van der Waals surface area contributed by atoms with E-state index in [9.17, 15) is 18.9 Å². The third-order valence-electron chi connectivity index (χ3n) is 5.84. The molecule has 1 atom stereocenters. The fraction of sp³-hybridized carbons (Fsp3) is 0.280. The van der Waals surface area contributed by atoms with Crippen LogP contribution in [-0.4, -0.2) is 28.5 Å². The molecule has 2 aromatic carbocycles. The van der Waals surface area contributed by atoms with Gasteiger partial charge in [-0.1, -0.05) is 53.5 Å². The minimum atomic E-state index is -0.834. The van der Waals surface area contributed by atoms with E-state index in [1.807, 2.05) is 18.9 Å². The molecule has 0 aliphatic carbocycles. The van der Waals surface area contributed by atoms with Crippen LogP contribution in [0.4, 0.5) is 4.39 Å². The standard InChI is InChI=1S/C25H24Cl2FN3O3/c1-16(13-19-5-3-4-6-22(19)28)30(2)15-23-20(26)14-21(27)25(33)31(23)12-11-17-7-9-18(10-8-17)24(32)29-34/h3-10,14,16H,11-13,15H2,1-2H3. The molecule has 34 heavy (non-hydrogen) atoms. The van der Waals surface area contributed by atoms with Gasteiger partial charge in [0.15, 0.2) is 0 Å². The zero-order valence-electron chi connectivity index (χ0n) is 18.8. The Morgan fingerprint density at radius 2 is 1.79 bits per heavy atom. The summed E-state index contributed by atoms with van der Waals surface area (Å²) in [6.07, 6.45) is 0.973. The molecule has 1 amide bonds. The van der Waals surface area contributed by atoms with E-state index in [2.05, 4.69) is 5.18 Å². The van der Waals surface area contributed by atoms with E-state index in [4.69, 9.17) is 23.2 Å². The number of likely N-dealkylation sites (N-methyl/N-ethyl adjacent to an activating group) is 1. The van der Waals surface area contributed by atoms with Crippen molar-refractivity contribution >= 4 is 29.1 Å². The van der Waals surface area contributed by atoms with Gasteiger partial charge in [0, 0.05) is 29.9 Å². The van der Waals surface area contributed by atoms with Gasteiger partial charge < -0.3 is 4.57 Å². The number of nitrogens with zero attached hydrogens (tertiary/aromatic N) is 3. The fourth-order valence-corrected chi connectivity index (χ4v) is 4.21. The van der Waals surface area contributed by atoms with Gasteiger partial charge in [-0.25, -0.2) is 4.39 Å². The van der Waals surface area contributed by atoms with Gasteiger partial charge in [-0.15, -0.1) is 4.91 Å². The number of amides is 1. The lowest BCUT2D eigenvalue weighted by Crippen LogP contribution is -2.34. The van der Waals surface area contributed by atoms with Crippen LogP contribution < -0.4 is 5.56 Å². The van der Waals surface area contributed by atoms with E-state index in [1.165, 1.54) is 24.3 Å². The normalized spacial score (nSPS) is 12.1. The third-order valence-corrected chi connectivity index (χ3v) is 6.44. The maximum absolute atomic E-state index is 14.1. The van der Waals surface area contributed by atoms with Crippen LogP contribution in [0.2, 0.25) is 10.0 Å². The number of aryl methyl sites for hydroxylation is 1. The number of aromatic nitrogens is 1. The number of carbonyl (C=O) groups excluding carboxylic acids is 1. The fourth-order valence-electron chi connectivity index (χ4n) is 3.67. The molecule has 0 aliphatic rings. The van der Waals surface area contributed by atoms with Crippen LogP contribution in [0.15, 0.2) is 64.6 Å². The van der Waals surface area contributed by atoms with Crippen molar-refractivity contribution in [2.24, 2.45) is 5.18 Å². The molecule has 0 radical (unpaired) electrons. The van der Waals surface area contributed by atoms with Gasteiger partial charge in [-0.2, -0.15) is 0 Å². The Kier molecular flexibility index (Phi) is 8.72. The predicted molar refractivity (Wildman–Crippen MR) is 132 cm³/mol. The summed E-state index contributed by atoms with van der Waals surface area (Å²) in [5.41, 5.74) is 1.93. The molecular formula is C25H24Cl2FN3O3. The molecule has 0 saturated carbocycles. The van der Waals surface area contributed by atoms with Gasteiger partial charge in [0.05, 0.1) is 10.7 Å². The molecule has 9 heteroatoms. The highest BCUT2D eigenvalue weighted by Crippen LogP contribution is 2.22. The van der Waals surface area contributed by atoms with Crippen LogP contribution in [-0.2, 0) is 25.9 Å². The van der Waals surface area contributed by atoms with Crippen molar-refractivity contribution in [3.8, 4) is 0 Å². The van der Waals surface area contributed by atoms with Crippen LogP contribution in [0, 0.1) is 10.7 Å². The van der Waals surface area contributed by atoms with Crippen molar-refractivity contribution in [3.05, 3.63) is 108 Å². The van der Waals surface area contributed by atoms with Crippen molar-refractivity contribution in [2.45, 2.75) is 38.9 Å². The number of rotatable bonds is 9. The second kappa shape index (κ2) is 11.5. The van der Waals surface area contributed by atoms with Gasteiger partial charge in [-0.3, -0.25) is 14.5 Å². The number of carbonyl (C=O) groups is 1. The van der Waals surface area contributed by atoms with Crippen molar-refractivity contribution < 1.29 is 9.18 Å². The summed E-state index contributed by atoms with van der Waals surface area (Å²) in [4.78, 5) is 36.6. The minimum absolute atomic E-state index is 0.0220.